The third-order valence-corrected chi connectivity index (χ3v) is 3.28. The van der Waals surface area contributed by atoms with Gasteiger partial charge in [-0.05, 0) is 17.7 Å². The van der Waals surface area contributed by atoms with Gasteiger partial charge in [0.15, 0.2) is 5.82 Å². The number of nitriles is 1. The van der Waals surface area contributed by atoms with Crippen LogP contribution < -0.4 is 5.32 Å². The molecule has 0 saturated carbocycles. The predicted octanol–water partition coefficient (Wildman–Crippen LogP) is 3.86. The molecule has 0 aliphatic carbocycles. The van der Waals surface area contributed by atoms with Crippen molar-refractivity contribution in [1.29, 1.82) is 5.26 Å². The summed E-state index contributed by atoms with van der Waals surface area (Å²) in [6, 6.07) is 20.5. The average molecular weight is 303 g/mol. The third-order valence-electron chi connectivity index (χ3n) is 3.28. The van der Waals surface area contributed by atoms with Crippen LogP contribution in [0.3, 0.4) is 0 Å². The van der Waals surface area contributed by atoms with Gasteiger partial charge in [0.05, 0.1) is 11.1 Å². The Bertz CT molecular complexity index is 886. The fourth-order valence-corrected chi connectivity index (χ4v) is 2.15. The van der Waals surface area contributed by atoms with Crippen LogP contribution in [0.5, 0.6) is 0 Å². The molecule has 23 heavy (non-hydrogen) atoms. The normalized spacial score (nSPS) is 10.0. The summed E-state index contributed by atoms with van der Waals surface area (Å²) in [6.07, 6.45) is -0.645. The largest absolute Gasteiger partial charge is 0.444 e. The Morgan fingerprint density at radius 1 is 1.13 bits per heavy atom. The van der Waals surface area contributed by atoms with Gasteiger partial charge in [0.1, 0.15) is 12.7 Å². The van der Waals surface area contributed by atoms with Gasteiger partial charge in [0.2, 0.25) is 0 Å². The molecule has 3 aromatic rings. The Balaban J connectivity index is 1.75. The Morgan fingerprint density at radius 2 is 1.87 bits per heavy atom. The maximum Gasteiger partial charge on any atom is 0.413 e. The average Bonchev–Trinajstić information content (AvgIpc) is 2.60. The zero-order valence-corrected chi connectivity index (χ0v) is 12.2. The van der Waals surface area contributed by atoms with Crippen molar-refractivity contribution >= 4 is 22.8 Å². The Labute approximate surface area is 133 Å². The van der Waals surface area contributed by atoms with E-state index in [-0.39, 0.29) is 12.4 Å². The molecular weight excluding hydrogens is 290 g/mol. The van der Waals surface area contributed by atoms with Crippen LogP contribution in [0.25, 0.3) is 10.9 Å². The van der Waals surface area contributed by atoms with E-state index in [2.05, 4.69) is 10.3 Å². The molecule has 0 atom stereocenters. The molecule has 0 aliphatic heterocycles. The summed E-state index contributed by atoms with van der Waals surface area (Å²) in [5.41, 5.74) is 1.87. The molecule has 2 aromatic carbocycles. The molecule has 112 valence electrons. The highest BCUT2D eigenvalue weighted by atomic mass is 16.5. The molecule has 0 radical (unpaired) electrons. The number of fused-ring (bicyclic) bond motifs is 1. The molecule has 0 saturated heterocycles. The highest BCUT2D eigenvalue weighted by Gasteiger charge is 2.11. The fraction of sp³-hybridized carbons (Fsp3) is 0.0556. The molecular formula is C18H13N3O2. The molecule has 5 heteroatoms. The van der Waals surface area contributed by atoms with Gasteiger partial charge in [-0.15, -0.1) is 0 Å². The minimum Gasteiger partial charge on any atom is -0.444 e. The molecule has 0 aliphatic rings. The van der Waals surface area contributed by atoms with E-state index in [1.165, 1.54) is 0 Å². The fourth-order valence-electron chi connectivity index (χ4n) is 2.15. The molecule has 1 N–H and O–H groups in total. The van der Waals surface area contributed by atoms with Gasteiger partial charge in [-0.3, -0.25) is 5.32 Å². The second-order valence-electron chi connectivity index (χ2n) is 4.88. The summed E-state index contributed by atoms with van der Waals surface area (Å²) in [7, 11) is 0. The number of ether oxygens (including phenoxy) is 1. The van der Waals surface area contributed by atoms with Crippen molar-refractivity contribution in [1.82, 2.24) is 4.98 Å². The number of pyridine rings is 1. The van der Waals surface area contributed by atoms with Crippen LogP contribution >= 0.6 is 0 Å². The van der Waals surface area contributed by atoms with Gasteiger partial charge in [-0.1, -0.05) is 48.5 Å². The van der Waals surface area contributed by atoms with E-state index in [4.69, 9.17) is 4.74 Å². The summed E-state index contributed by atoms with van der Waals surface area (Å²) in [5.74, 6) is 0.198. The van der Waals surface area contributed by atoms with Gasteiger partial charge in [0, 0.05) is 5.39 Å². The molecule has 3 rings (SSSR count). The minimum atomic E-state index is -0.645. The molecule has 1 aromatic heterocycles. The van der Waals surface area contributed by atoms with Gasteiger partial charge >= 0.3 is 6.09 Å². The van der Waals surface area contributed by atoms with E-state index < -0.39 is 6.09 Å². The zero-order valence-electron chi connectivity index (χ0n) is 12.2. The Morgan fingerprint density at radius 3 is 2.65 bits per heavy atom. The smallest absolute Gasteiger partial charge is 0.413 e. The lowest BCUT2D eigenvalue weighted by molar-refractivity contribution is 0.155. The minimum absolute atomic E-state index is 0.155. The molecule has 1 heterocycles. The number of carbonyl (C=O) groups excluding carboxylic acids is 1. The standard InChI is InChI=1S/C18H13N3O2/c19-11-15-10-14-8-4-5-9-16(14)20-17(15)21-18(22)23-12-13-6-2-1-3-7-13/h1-10H,12H2,(H,20,21,22). The summed E-state index contributed by atoms with van der Waals surface area (Å²) >= 11 is 0. The van der Waals surface area contributed by atoms with Crippen LogP contribution in [0, 0.1) is 11.3 Å². The summed E-state index contributed by atoms with van der Waals surface area (Å²) in [4.78, 5) is 16.2. The molecule has 1 amide bonds. The number of nitrogens with zero attached hydrogens (tertiary/aromatic N) is 2. The van der Waals surface area contributed by atoms with E-state index >= 15 is 0 Å². The van der Waals surface area contributed by atoms with Crippen molar-refractivity contribution in [2.45, 2.75) is 6.61 Å². The summed E-state index contributed by atoms with van der Waals surface area (Å²) < 4.78 is 5.14. The molecule has 0 bridgehead atoms. The molecule has 0 fully saturated rings. The second kappa shape index (κ2) is 6.58. The van der Waals surface area contributed by atoms with Crippen molar-refractivity contribution in [3.8, 4) is 6.07 Å². The number of anilines is 1. The maximum atomic E-state index is 11.9. The highest BCUT2D eigenvalue weighted by molar-refractivity contribution is 5.89. The monoisotopic (exact) mass is 303 g/mol. The van der Waals surface area contributed by atoms with Gasteiger partial charge < -0.3 is 4.74 Å². The Hall–Kier alpha value is -3.39. The van der Waals surface area contributed by atoms with Gasteiger partial charge in [0.25, 0.3) is 0 Å². The third kappa shape index (κ3) is 3.44. The van der Waals surface area contributed by atoms with Crippen molar-refractivity contribution in [2.24, 2.45) is 0 Å². The lowest BCUT2D eigenvalue weighted by Gasteiger charge is -2.09. The lowest BCUT2D eigenvalue weighted by Crippen LogP contribution is -2.15. The lowest BCUT2D eigenvalue weighted by atomic mass is 10.1. The van der Waals surface area contributed by atoms with Gasteiger partial charge in [-0.25, -0.2) is 9.78 Å². The van der Waals surface area contributed by atoms with Crippen LogP contribution in [-0.2, 0) is 11.3 Å². The SMILES string of the molecule is N#Cc1cc2ccccc2nc1NC(=O)OCc1ccccc1. The van der Waals surface area contributed by atoms with E-state index in [1.54, 1.807) is 6.07 Å². The van der Waals surface area contributed by atoms with Crippen LogP contribution in [-0.4, -0.2) is 11.1 Å². The predicted molar refractivity (Wildman–Crippen MR) is 86.7 cm³/mol. The van der Waals surface area contributed by atoms with E-state index in [0.717, 1.165) is 10.9 Å². The first-order valence-electron chi connectivity index (χ1n) is 7.04. The van der Waals surface area contributed by atoms with Crippen molar-refractivity contribution in [3.05, 3.63) is 71.8 Å². The van der Waals surface area contributed by atoms with Crippen molar-refractivity contribution in [2.75, 3.05) is 5.32 Å². The number of nitrogens with one attached hydrogen (secondary N) is 1. The number of carbonyl (C=O) groups is 1. The number of benzene rings is 2. The molecule has 5 nitrogen and oxygen atoms in total. The van der Waals surface area contributed by atoms with Crippen LogP contribution in [0.2, 0.25) is 0 Å². The first-order valence-corrected chi connectivity index (χ1v) is 7.04. The maximum absolute atomic E-state index is 11.9. The summed E-state index contributed by atoms with van der Waals surface area (Å²) in [6.45, 7) is 0.155. The summed E-state index contributed by atoms with van der Waals surface area (Å²) in [5, 5.41) is 12.6. The number of para-hydroxylation sites is 1. The second-order valence-corrected chi connectivity index (χ2v) is 4.88. The first-order chi connectivity index (χ1) is 11.3. The number of rotatable bonds is 3. The molecule has 0 unspecified atom stereocenters. The number of aromatic nitrogens is 1. The molecule has 0 spiro atoms. The van der Waals surface area contributed by atoms with E-state index in [0.29, 0.717) is 11.1 Å². The number of hydrogen-bond donors (Lipinski definition) is 1. The van der Waals surface area contributed by atoms with E-state index in [1.807, 2.05) is 60.7 Å². The van der Waals surface area contributed by atoms with Gasteiger partial charge in [-0.2, -0.15) is 5.26 Å². The Kier molecular flexibility index (Phi) is 4.16. The van der Waals surface area contributed by atoms with Crippen LogP contribution in [0.4, 0.5) is 10.6 Å². The van der Waals surface area contributed by atoms with Crippen LogP contribution in [0.15, 0.2) is 60.7 Å². The van der Waals surface area contributed by atoms with Crippen molar-refractivity contribution in [3.63, 3.8) is 0 Å². The van der Waals surface area contributed by atoms with E-state index in [9.17, 15) is 10.1 Å². The number of hydrogen-bond acceptors (Lipinski definition) is 4. The number of amides is 1. The highest BCUT2D eigenvalue weighted by Crippen LogP contribution is 2.20. The first kappa shape index (κ1) is 14.5. The van der Waals surface area contributed by atoms with Crippen LogP contribution in [0.1, 0.15) is 11.1 Å². The topological polar surface area (TPSA) is 75.0 Å². The quantitative estimate of drug-likeness (QED) is 0.797. The zero-order chi connectivity index (χ0) is 16.1. The van der Waals surface area contributed by atoms with Crippen molar-refractivity contribution < 1.29 is 9.53 Å².